The molecule has 0 aliphatic carbocycles. The van der Waals surface area contributed by atoms with Crippen LogP contribution in [0.1, 0.15) is 10.5 Å². The van der Waals surface area contributed by atoms with Crippen molar-refractivity contribution in [3.63, 3.8) is 0 Å². The first kappa shape index (κ1) is 16.5. The molecule has 0 fully saturated rings. The zero-order valence-electron chi connectivity index (χ0n) is 12.7. The minimum Gasteiger partial charge on any atom is -0.497 e. The smallest absolute Gasteiger partial charge is 0.328 e. The topological polar surface area (TPSA) is 114 Å². The standard InChI is InChI=1S/C15H17N3O5/c1-22-8-13(15(20)21)16-14(19)12-7-11(17-18-12)9-3-5-10(23-2)6-4-9/h3-7,13H,8H2,1-2H3,(H,16,19)(H,17,18)(H,20,21). The zero-order chi connectivity index (χ0) is 16.8. The third kappa shape index (κ3) is 4.07. The Hall–Kier alpha value is -2.87. The summed E-state index contributed by atoms with van der Waals surface area (Å²) in [4.78, 5) is 23.1. The van der Waals surface area contributed by atoms with E-state index in [-0.39, 0.29) is 12.3 Å². The minimum atomic E-state index is -1.17. The van der Waals surface area contributed by atoms with E-state index in [2.05, 4.69) is 15.5 Å². The van der Waals surface area contributed by atoms with Gasteiger partial charge < -0.3 is 19.9 Å². The number of aromatic nitrogens is 2. The molecule has 1 unspecified atom stereocenters. The monoisotopic (exact) mass is 319 g/mol. The van der Waals surface area contributed by atoms with Crippen molar-refractivity contribution < 1.29 is 24.2 Å². The predicted molar refractivity (Wildman–Crippen MR) is 81.3 cm³/mol. The summed E-state index contributed by atoms with van der Waals surface area (Å²) in [5, 5.41) is 18.0. The molecule has 2 aromatic rings. The second-order valence-corrected chi connectivity index (χ2v) is 4.71. The van der Waals surface area contributed by atoms with Crippen LogP contribution in [0.3, 0.4) is 0 Å². The highest BCUT2D eigenvalue weighted by atomic mass is 16.5. The van der Waals surface area contributed by atoms with Crippen LogP contribution in [0, 0.1) is 0 Å². The molecule has 0 spiro atoms. The van der Waals surface area contributed by atoms with Crippen molar-refractivity contribution in [1.29, 1.82) is 0 Å². The Bertz CT molecular complexity index is 681. The molecule has 23 heavy (non-hydrogen) atoms. The van der Waals surface area contributed by atoms with E-state index < -0.39 is 17.9 Å². The van der Waals surface area contributed by atoms with Crippen LogP contribution >= 0.6 is 0 Å². The van der Waals surface area contributed by atoms with E-state index >= 15 is 0 Å². The van der Waals surface area contributed by atoms with Gasteiger partial charge in [0.2, 0.25) is 0 Å². The number of carboxylic acids is 1. The average Bonchev–Trinajstić information content (AvgIpc) is 3.04. The number of aromatic amines is 1. The molecule has 8 heteroatoms. The highest BCUT2D eigenvalue weighted by Gasteiger charge is 2.21. The summed E-state index contributed by atoms with van der Waals surface area (Å²) in [6.07, 6.45) is 0. The van der Waals surface area contributed by atoms with E-state index in [1.807, 2.05) is 12.1 Å². The number of hydrogen-bond acceptors (Lipinski definition) is 5. The fourth-order valence-electron chi connectivity index (χ4n) is 1.93. The Balaban J connectivity index is 2.11. The Morgan fingerprint density at radius 3 is 2.57 bits per heavy atom. The van der Waals surface area contributed by atoms with Crippen LogP contribution in [0.4, 0.5) is 0 Å². The molecule has 0 saturated carbocycles. The fourth-order valence-corrected chi connectivity index (χ4v) is 1.93. The van der Waals surface area contributed by atoms with Gasteiger partial charge >= 0.3 is 5.97 Å². The summed E-state index contributed by atoms with van der Waals surface area (Å²) >= 11 is 0. The summed E-state index contributed by atoms with van der Waals surface area (Å²) in [5.41, 5.74) is 1.53. The van der Waals surface area contributed by atoms with Gasteiger partial charge in [0, 0.05) is 12.7 Å². The molecule has 3 N–H and O–H groups in total. The number of aliphatic carboxylic acids is 1. The molecule has 2 rings (SSSR count). The van der Waals surface area contributed by atoms with Gasteiger partial charge in [0.1, 0.15) is 11.4 Å². The molecule has 0 radical (unpaired) electrons. The van der Waals surface area contributed by atoms with E-state index in [1.165, 1.54) is 7.11 Å². The maximum Gasteiger partial charge on any atom is 0.328 e. The number of carbonyl (C=O) groups is 2. The van der Waals surface area contributed by atoms with Crippen molar-refractivity contribution >= 4 is 11.9 Å². The maximum absolute atomic E-state index is 12.1. The minimum absolute atomic E-state index is 0.124. The van der Waals surface area contributed by atoms with Gasteiger partial charge in [-0.2, -0.15) is 5.10 Å². The summed E-state index contributed by atoms with van der Waals surface area (Å²) < 4.78 is 9.84. The van der Waals surface area contributed by atoms with Crippen LogP contribution in [-0.2, 0) is 9.53 Å². The first-order valence-electron chi connectivity index (χ1n) is 6.77. The fraction of sp³-hybridized carbons (Fsp3) is 0.267. The lowest BCUT2D eigenvalue weighted by molar-refractivity contribution is -0.140. The van der Waals surface area contributed by atoms with Gasteiger partial charge in [-0.3, -0.25) is 9.89 Å². The van der Waals surface area contributed by atoms with Crippen LogP contribution in [-0.4, -0.2) is 54.0 Å². The lowest BCUT2D eigenvalue weighted by atomic mass is 10.1. The van der Waals surface area contributed by atoms with E-state index in [4.69, 9.17) is 14.6 Å². The van der Waals surface area contributed by atoms with Crippen molar-refractivity contribution in [1.82, 2.24) is 15.5 Å². The van der Waals surface area contributed by atoms with Crippen LogP contribution < -0.4 is 10.1 Å². The zero-order valence-corrected chi connectivity index (χ0v) is 12.7. The number of ether oxygens (including phenoxy) is 2. The van der Waals surface area contributed by atoms with Gasteiger partial charge in [-0.1, -0.05) is 0 Å². The van der Waals surface area contributed by atoms with Gasteiger partial charge in [0.25, 0.3) is 5.91 Å². The van der Waals surface area contributed by atoms with E-state index in [1.54, 1.807) is 25.3 Å². The normalized spacial score (nSPS) is 11.7. The number of nitrogens with zero attached hydrogens (tertiary/aromatic N) is 1. The first-order valence-corrected chi connectivity index (χ1v) is 6.77. The Morgan fingerprint density at radius 2 is 2.00 bits per heavy atom. The van der Waals surface area contributed by atoms with Crippen molar-refractivity contribution in [2.75, 3.05) is 20.8 Å². The molecule has 0 aliphatic rings. The second kappa shape index (κ2) is 7.41. The van der Waals surface area contributed by atoms with Gasteiger partial charge in [0.15, 0.2) is 6.04 Å². The molecule has 122 valence electrons. The number of carboxylic acid groups (broad SMARTS) is 1. The molecule has 0 saturated heterocycles. The highest BCUT2D eigenvalue weighted by Crippen LogP contribution is 2.21. The number of carbonyl (C=O) groups excluding carboxylic acids is 1. The SMILES string of the molecule is COCC(NC(=O)c1cc(-c2ccc(OC)cc2)n[nH]1)C(=O)O. The van der Waals surface area contributed by atoms with Crippen molar-refractivity contribution in [2.45, 2.75) is 6.04 Å². The first-order chi connectivity index (χ1) is 11.0. The molecule has 1 aromatic carbocycles. The van der Waals surface area contributed by atoms with Gasteiger partial charge in [-0.15, -0.1) is 0 Å². The molecule has 1 aromatic heterocycles. The number of hydrogen-bond donors (Lipinski definition) is 3. The third-order valence-electron chi connectivity index (χ3n) is 3.15. The molecule has 1 heterocycles. The largest absolute Gasteiger partial charge is 0.497 e. The van der Waals surface area contributed by atoms with Crippen LogP contribution in [0.25, 0.3) is 11.3 Å². The number of nitrogens with one attached hydrogen (secondary N) is 2. The third-order valence-corrected chi connectivity index (χ3v) is 3.15. The average molecular weight is 319 g/mol. The predicted octanol–water partition coefficient (Wildman–Crippen LogP) is 0.915. The van der Waals surface area contributed by atoms with Crippen molar-refractivity contribution in [3.05, 3.63) is 36.0 Å². The lowest BCUT2D eigenvalue weighted by Gasteiger charge is -2.12. The van der Waals surface area contributed by atoms with Crippen molar-refractivity contribution in [2.24, 2.45) is 0 Å². The van der Waals surface area contributed by atoms with Crippen molar-refractivity contribution in [3.8, 4) is 17.0 Å². The van der Waals surface area contributed by atoms with Crippen LogP contribution in [0.2, 0.25) is 0 Å². The summed E-state index contributed by atoms with van der Waals surface area (Å²) in [5.74, 6) is -1.03. The maximum atomic E-state index is 12.1. The Morgan fingerprint density at radius 1 is 1.30 bits per heavy atom. The number of H-pyrrole nitrogens is 1. The molecular formula is C15H17N3O5. The highest BCUT2D eigenvalue weighted by molar-refractivity contribution is 5.95. The van der Waals surface area contributed by atoms with Gasteiger partial charge in [-0.05, 0) is 30.3 Å². The lowest BCUT2D eigenvalue weighted by Crippen LogP contribution is -2.43. The molecule has 1 amide bonds. The molecule has 0 bridgehead atoms. The number of amides is 1. The molecule has 1 atom stereocenters. The second-order valence-electron chi connectivity index (χ2n) is 4.71. The van der Waals surface area contributed by atoms with E-state index in [0.717, 1.165) is 5.56 Å². The van der Waals surface area contributed by atoms with E-state index in [0.29, 0.717) is 11.4 Å². The number of methoxy groups -OCH3 is 2. The Labute approximate surface area is 132 Å². The summed E-state index contributed by atoms with van der Waals surface area (Å²) in [6, 6.07) is 7.60. The summed E-state index contributed by atoms with van der Waals surface area (Å²) in [7, 11) is 2.94. The van der Waals surface area contributed by atoms with Gasteiger partial charge in [-0.25, -0.2) is 4.79 Å². The van der Waals surface area contributed by atoms with E-state index in [9.17, 15) is 9.59 Å². The summed E-state index contributed by atoms with van der Waals surface area (Å²) in [6.45, 7) is -0.124. The molecule has 0 aliphatic heterocycles. The number of rotatable bonds is 7. The molecule has 8 nitrogen and oxygen atoms in total. The quantitative estimate of drug-likeness (QED) is 0.699. The van der Waals surface area contributed by atoms with Crippen LogP contribution in [0.5, 0.6) is 5.75 Å². The molecular weight excluding hydrogens is 302 g/mol. The van der Waals surface area contributed by atoms with Gasteiger partial charge in [0.05, 0.1) is 19.4 Å². The van der Waals surface area contributed by atoms with Crippen LogP contribution in [0.15, 0.2) is 30.3 Å². The Kier molecular flexibility index (Phi) is 5.32. The number of benzene rings is 1.